The number of aryl methyl sites for hydroxylation is 2. The van der Waals surface area contributed by atoms with E-state index >= 15 is 0 Å². The van der Waals surface area contributed by atoms with Crippen LogP contribution >= 0.6 is 22.9 Å². The van der Waals surface area contributed by atoms with Crippen LogP contribution in [0, 0.1) is 6.92 Å². The molecule has 0 aliphatic carbocycles. The van der Waals surface area contributed by atoms with Crippen molar-refractivity contribution in [1.29, 1.82) is 0 Å². The third-order valence-corrected chi connectivity index (χ3v) is 8.52. The monoisotopic (exact) mass is 611 g/mol. The summed E-state index contributed by atoms with van der Waals surface area (Å²) in [5.74, 6) is 0.147. The number of nitrogen functional groups attached to an aromatic ring is 1. The van der Waals surface area contributed by atoms with E-state index in [1.807, 2.05) is 77.2 Å². The molecule has 0 aliphatic rings. The molecule has 43 heavy (non-hydrogen) atoms. The van der Waals surface area contributed by atoms with Gasteiger partial charge in [-0.3, -0.25) is 14.5 Å². The lowest BCUT2D eigenvalue weighted by Crippen LogP contribution is -2.23. The highest BCUT2D eigenvalue weighted by molar-refractivity contribution is 7.22. The van der Waals surface area contributed by atoms with Crippen molar-refractivity contribution >= 4 is 55.8 Å². The van der Waals surface area contributed by atoms with E-state index in [-0.39, 0.29) is 6.42 Å². The highest BCUT2D eigenvalue weighted by atomic mass is 35.5. The fourth-order valence-electron chi connectivity index (χ4n) is 5.31. The van der Waals surface area contributed by atoms with Gasteiger partial charge in [-0.2, -0.15) is 5.10 Å². The number of fused-ring (bicyclic) bond motifs is 2. The minimum absolute atomic E-state index is 0.138. The highest BCUT2D eigenvalue weighted by Crippen LogP contribution is 2.45. The number of rotatable bonds is 6. The van der Waals surface area contributed by atoms with Gasteiger partial charge in [0.15, 0.2) is 5.82 Å². The van der Waals surface area contributed by atoms with Crippen LogP contribution in [-0.4, -0.2) is 36.4 Å². The molecule has 0 radical (unpaired) electrons. The van der Waals surface area contributed by atoms with Crippen LogP contribution in [0.15, 0.2) is 60.8 Å². The molecule has 0 atom stereocenters. The first-order chi connectivity index (χ1) is 20.4. The van der Waals surface area contributed by atoms with Gasteiger partial charge in [-0.15, -0.1) is 11.3 Å². The van der Waals surface area contributed by atoms with Gasteiger partial charge in [0.2, 0.25) is 0 Å². The summed E-state index contributed by atoms with van der Waals surface area (Å²) < 4.78 is 8.98. The Labute approximate surface area is 257 Å². The van der Waals surface area contributed by atoms with Crippen molar-refractivity contribution in [2.45, 2.75) is 39.7 Å². The number of anilines is 1. The van der Waals surface area contributed by atoms with Gasteiger partial charge < -0.3 is 15.6 Å². The summed E-state index contributed by atoms with van der Waals surface area (Å²) in [5.41, 5.74) is 13.1. The Morgan fingerprint density at radius 1 is 1.09 bits per heavy atom. The lowest BCUT2D eigenvalue weighted by atomic mass is 9.92. The van der Waals surface area contributed by atoms with Crippen molar-refractivity contribution in [3.63, 3.8) is 0 Å². The zero-order valence-electron chi connectivity index (χ0n) is 24.4. The predicted molar refractivity (Wildman–Crippen MR) is 174 cm³/mol. The first kappa shape index (κ1) is 28.6. The molecule has 3 heterocycles. The minimum Gasteiger partial charge on any atom is -0.487 e. The molecule has 3 aromatic carbocycles. The van der Waals surface area contributed by atoms with Gasteiger partial charge in [-0.05, 0) is 87.4 Å². The first-order valence-corrected chi connectivity index (χ1v) is 14.9. The Balaban J connectivity index is 1.53. The van der Waals surface area contributed by atoms with E-state index in [0.717, 1.165) is 59.6 Å². The summed E-state index contributed by atoms with van der Waals surface area (Å²) in [6, 6.07) is 17.4. The molecular weight excluding hydrogens is 582 g/mol. The molecule has 0 saturated carbocycles. The summed E-state index contributed by atoms with van der Waals surface area (Å²) in [5, 5.41) is 16.4. The number of aromatic nitrogens is 4. The maximum absolute atomic E-state index is 12.0. The number of nitrogens with zero attached hydrogens (tertiary/aromatic N) is 4. The Bertz CT molecular complexity index is 2060. The second-order valence-electron chi connectivity index (χ2n) is 11.5. The molecule has 6 aromatic rings. The Hall–Kier alpha value is -4.47. The van der Waals surface area contributed by atoms with Crippen molar-refractivity contribution in [3.8, 4) is 38.7 Å². The average molecular weight is 612 g/mol. The van der Waals surface area contributed by atoms with Crippen LogP contribution in [0.2, 0.25) is 5.02 Å². The predicted octanol–water partition coefficient (Wildman–Crippen LogP) is 7.93. The molecule has 218 valence electrons. The zero-order chi connectivity index (χ0) is 30.6. The molecule has 6 rings (SSSR count). The number of nitrogens with two attached hydrogens (primary N) is 1. The number of hydrogen-bond donors (Lipinski definition) is 2. The molecule has 0 unspecified atom stereocenters. The van der Waals surface area contributed by atoms with Crippen LogP contribution < -0.4 is 10.5 Å². The summed E-state index contributed by atoms with van der Waals surface area (Å²) in [6.07, 6.45) is 1.63. The lowest BCUT2D eigenvalue weighted by Gasteiger charge is -2.24. The molecule has 3 N–H and O–H groups in total. The minimum atomic E-state index is -0.911. The molecule has 0 saturated heterocycles. The number of aliphatic carboxylic acids is 1. The molecule has 0 amide bonds. The summed E-state index contributed by atoms with van der Waals surface area (Å²) in [6.45, 7) is 7.82. The molecule has 0 spiro atoms. The van der Waals surface area contributed by atoms with E-state index in [1.165, 1.54) is 11.3 Å². The fraction of sp³-hybridized carbons (Fsp3) is 0.212. The number of pyridine rings is 1. The van der Waals surface area contributed by atoms with E-state index in [0.29, 0.717) is 22.2 Å². The summed E-state index contributed by atoms with van der Waals surface area (Å²) in [4.78, 5) is 21.7. The third-order valence-electron chi connectivity index (χ3n) is 7.15. The number of halogens is 1. The number of carboxylic acids is 1. The Morgan fingerprint density at radius 2 is 1.88 bits per heavy atom. The van der Waals surface area contributed by atoms with Crippen molar-refractivity contribution in [2.24, 2.45) is 7.05 Å². The van der Waals surface area contributed by atoms with Crippen LogP contribution in [0.4, 0.5) is 5.82 Å². The van der Waals surface area contributed by atoms with Crippen LogP contribution in [0.5, 0.6) is 5.75 Å². The second-order valence-corrected chi connectivity index (χ2v) is 12.9. The van der Waals surface area contributed by atoms with E-state index in [2.05, 4.69) is 10.1 Å². The highest BCUT2D eigenvalue weighted by Gasteiger charge is 2.24. The largest absolute Gasteiger partial charge is 0.487 e. The molecule has 0 bridgehead atoms. The second kappa shape index (κ2) is 10.7. The van der Waals surface area contributed by atoms with Crippen molar-refractivity contribution in [1.82, 2.24) is 19.7 Å². The van der Waals surface area contributed by atoms with Gasteiger partial charge in [0.05, 0.1) is 27.8 Å². The van der Waals surface area contributed by atoms with Gasteiger partial charge in [0.25, 0.3) is 0 Å². The van der Waals surface area contributed by atoms with Crippen LogP contribution in [-0.2, 0) is 18.3 Å². The molecule has 0 fully saturated rings. The van der Waals surface area contributed by atoms with Gasteiger partial charge in [-0.25, -0.2) is 4.98 Å². The van der Waals surface area contributed by atoms with E-state index in [4.69, 9.17) is 27.1 Å². The molecule has 3 aromatic heterocycles. The maximum atomic E-state index is 12.0. The molecule has 10 heteroatoms. The van der Waals surface area contributed by atoms with Gasteiger partial charge >= 0.3 is 5.97 Å². The van der Waals surface area contributed by atoms with Crippen LogP contribution in [0.3, 0.4) is 0 Å². The summed E-state index contributed by atoms with van der Waals surface area (Å²) >= 11 is 7.91. The number of hydrogen-bond acceptors (Lipinski definition) is 7. The summed E-state index contributed by atoms with van der Waals surface area (Å²) in [7, 11) is 1.87. The third kappa shape index (κ3) is 5.53. The average Bonchev–Trinajstić information content (AvgIpc) is 3.48. The van der Waals surface area contributed by atoms with E-state index in [9.17, 15) is 9.90 Å². The van der Waals surface area contributed by atoms with Gasteiger partial charge in [0.1, 0.15) is 16.4 Å². The van der Waals surface area contributed by atoms with Crippen molar-refractivity contribution < 1.29 is 14.6 Å². The zero-order valence-corrected chi connectivity index (χ0v) is 26.0. The Kier molecular flexibility index (Phi) is 7.10. The van der Waals surface area contributed by atoms with E-state index < -0.39 is 11.6 Å². The fourth-order valence-corrected chi connectivity index (χ4v) is 6.60. The maximum Gasteiger partial charge on any atom is 0.307 e. The van der Waals surface area contributed by atoms with Gasteiger partial charge in [0, 0.05) is 45.9 Å². The van der Waals surface area contributed by atoms with Crippen molar-refractivity contribution in [2.75, 3.05) is 5.73 Å². The smallest absolute Gasteiger partial charge is 0.307 e. The number of ether oxygens (including phenoxy) is 1. The van der Waals surface area contributed by atoms with Crippen LogP contribution in [0.1, 0.15) is 31.9 Å². The van der Waals surface area contributed by atoms with E-state index in [1.54, 1.807) is 23.0 Å². The van der Waals surface area contributed by atoms with Crippen molar-refractivity contribution in [3.05, 3.63) is 76.9 Å². The number of carbonyl (C=O) groups is 1. The lowest BCUT2D eigenvalue weighted by molar-refractivity contribution is -0.136. The number of thiazole rings is 1. The number of benzene rings is 3. The Morgan fingerprint density at radius 3 is 2.63 bits per heavy atom. The molecule has 0 aliphatic heterocycles. The van der Waals surface area contributed by atoms with Gasteiger partial charge in [-0.1, -0.05) is 17.7 Å². The quantitative estimate of drug-likeness (QED) is 0.196. The van der Waals surface area contributed by atoms with Crippen LogP contribution in [0.25, 0.3) is 54.1 Å². The number of carboxylic acid groups (broad SMARTS) is 1. The molecular formula is C33H30ClN5O3S. The normalized spacial score (nSPS) is 11.9. The first-order valence-electron chi connectivity index (χ1n) is 13.7. The topological polar surface area (TPSA) is 116 Å². The standard InChI is InChI=1S/C33H30ClN5O3S/c1-17-12-25-30(29(22(17)16-28(40)41)21-8-7-20(34)15-27(21)42-33(2,3)4)43-32(37-25)19-10-11-36-24(14-19)18-6-9-26-23(13-18)31(35)38-39(26)5/h6-15H,16H2,1-5H3,(H2,35,38)(H,40,41). The molecule has 8 nitrogen and oxygen atoms in total. The SMILES string of the molecule is Cc1cc2nc(-c3ccnc(-c4ccc5c(c4)c(N)nn5C)c3)sc2c(-c2ccc(Cl)cc2OC(C)(C)C)c1CC(=O)O.